The molecule has 1 fully saturated rings. The van der Waals surface area contributed by atoms with Crippen LogP contribution >= 0.6 is 11.3 Å². The second kappa shape index (κ2) is 11.0. The van der Waals surface area contributed by atoms with E-state index in [1.54, 1.807) is 19.1 Å². The van der Waals surface area contributed by atoms with Crippen molar-refractivity contribution in [2.75, 3.05) is 36.8 Å². The van der Waals surface area contributed by atoms with Crippen LogP contribution in [0.3, 0.4) is 0 Å². The molecule has 0 atom stereocenters. The van der Waals surface area contributed by atoms with Gasteiger partial charge < -0.3 is 4.90 Å². The summed E-state index contributed by atoms with van der Waals surface area (Å²) in [7, 11) is -3.76. The lowest BCUT2D eigenvalue weighted by Gasteiger charge is -2.36. The highest BCUT2D eigenvalue weighted by Gasteiger charge is 2.24. The zero-order valence-corrected chi connectivity index (χ0v) is 22.3. The second-order valence-corrected chi connectivity index (χ2v) is 12.2. The third-order valence-corrected chi connectivity index (χ3v) is 9.45. The Morgan fingerprint density at radius 3 is 2.14 bits per heavy atom. The zero-order chi connectivity index (χ0) is 25.8. The van der Waals surface area contributed by atoms with Crippen LogP contribution < -0.4 is 4.90 Å². The molecule has 0 bridgehead atoms. The number of carbonyl (C=O) groups is 1. The Kier molecular flexibility index (Phi) is 7.50. The Morgan fingerprint density at radius 2 is 1.49 bits per heavy atom. The van der Waals surface area contributed by atoms with E-state index in [2.05, 4.69) is 39.0 Å². The largest absolute Gasteiger partial charge is 0.369 e. The van der Waals surface area contributed by atoms with E-state index < -0.39 is 21.4 Å². The highest BCUT2D eigenvalue weighted by atomic mass is 32.2. The fourth-order valence-electron chi connectivity index (χ4n) is 4.54. The van der Waals surface area contributed by atoms with Crippen LogP contribution in [0.4, 0.5) is 5.69 Å². The summed E-state index contributed by atoms with van der Waals surface area (Å²) in [6.07, 6.45) is 0. The Balaban J connectivity index is 1.19. The zero-order valence-electron chi connectivity index (χ0n) is 20.7. The molecule has 1 saturated heterocycles. The molecule has 37 heavy (non-hydrogen) atoms. The molecule has 0 N–H and O–H groups in total. The van der Waals surface area contributed by atoms with Gasteiger partial charge in [-0.05, 0) is 36.8 Å². The van der Waals surface area contributed by atoms with Gasteiger partial charge in [0.2, 0.25) is 0 Å². The van der Waals surface area contributed by atoms with Gasteiger partial charge in [-0.1, -0.05) is 60.7 Å². The molecular formula is C29H29N3O3S2. The first-order valence-electron chi connectivity index (χ1n) is 12.3. The van der Waals surface area contributed by atoms with Gasteiger partial charge in [-0.3, -0.25) is 9.69 Å². The van der Waals surface area contributed by atoms with Gasteiger partial charge in [0.25, 0.3) is 0 Å². The van der Waals surface area contributed by atoms with E-state index in [1.807, 2.05) is 48.5 Å². The molecule has 0 saturated carbocycles. The number of rotatable bonds is 8. The molecule has 4 aromatic rings. The van der Waals surface area contributed by atoms with E-state index in [-0.39, 0.29) is 4.90 Å². The quantitative estimate of drug-likeness (QED) is 0.295. The number of sulfone groups is 1. The number of carbonyl (C=O) groups excluding carboxylic acids is 1. The van der Waals surface area contributed by atoms with Gasteiger partial charge in [-0.15, -0.1) is 11.3 Å². The molecule has 1 aromatic heterocycles. The number of ketones is 1. The van der Waals surface area contributed by atoms with Gasteiger partial charge in [0.15, 0.2) is 15.6 Å². The average molecular weight is 532 g/mol. The van der Waals surface area contributed by atoms with Crippen LogP contribution in [0.25, 0.3) is 10.6 Å². The van der Waals surface area contributed by atoms with E-state index in [9.17, 15) is 13.2 Å². The molecule has 1 aliphatic heterocycles. The predicted molar refractivity (Wildman–Crippen MR) is 149 cm³/mol. The van der Waals surface area contributed by atoms with Gasteiger partial charge in [-0.25, -0.2) is 13.4 Å². The fourth-order valence-corrected chi connectivity index (χ4v) is 6.85. The maximum Gasteiger partial charge on any atom is 0.190 e. The number of aryl methyl sites for hydroxylation is 1. The van der Waals surface area contributed by atoms with Crippen molar-refractivity contribution in [1.82, 2.24) is 9.88 Å². The molecule has 1 aliphatic rings. The van der Waals surface area contributed by atoms with E-state index in [0.29, 0.717) is 15.6 Å². The third kappa shape index (κ3) is 5.98. The number of anilines is 1. The van der Waals surface area contributed by atoms with E-state index in [4.69, 9.17) is 0 Å². The minimum Gasteiger partial charge on any atom is -0.369 e. The summed E-state index contributed by atoms with van der Waals surface area (Å²) in [5, 5.41) is 0.716. The first-order valence-corrected chi connectivity index (χ1v) is 14.8. The van der Waals surface area contributed by atoms with Gasteiger partial charge in [0.05, 0.1) is 15.5 Å². The number of Topliss-reactive ketones (excluding diaryl/α,β-unsaturated/α-hetero) is 1. The monoisotopic (exact) mass is 531 g/mol. The molecule has 0 radical (unpaired) electrons. The number of piperazine rings is 1. The third-order valence-electron chi connectivity index (χ3n) is 6.57. The van der Waals surface area contributed by atoms with Crippen molar-refractivity contribution < 1.29 is 13.2 Å². The molecule has 8 heteroatoms. The maximum absolute atomic E-state index is 13.0. The first kappa shape index (κ1) is 25.3. The van der Waals surface area contributed by atoms with Gasteiger partial charge in [0, 0.05) is 44.0 Å². The van der Waals surface area contributed by atoms with E-state index >= 15 is 0 Å². The normalized spacial score (nSPS) is 14.6. The predicted octanol–water partition coefficient (Wildman–Crippen LogP) is 5.10. The molecule has 0 amide bonds. The topological polar surface area (TPSA) is 70.6 Å². The van der Waals surface area contributed by atoms with Gasteiger partial charge in [0.1, 0.15) is 10.8 Å². The summed E-state index contributed by atoms with van der Waals surface area (Å²) < 4.78 is 26.0. The molecule has 6 nitrogen and oxygen atoms in total. The summed E-state index contributed by atoms with van der Waals surface area (Å²) in [5.41, 5.74) is 3.78. The molecule has 190 valence electrons. The van der Waals surface area contributed by atoms with Crippen LogP contribution in [-0.2, 0) is 16.4 Å². The minimum atomic E-state index is -3.76. The lowest BCUT2D eigenvalue weighted by Crippen LogP contribution is -2.45. The first-order chi connectivity index (χ1) is 17.9. The Hall–Kier alpha value is -3.33. The molecule has 3 aromatic carbocycles. The van der Waals surface area contributed by atoms with Crippen LogP contribution in [0.2, 0.25) is 0 Å². The Morgan fingerprint density at radius 1 is 0.865 bits per heavy atom. The SMILES string of the molecule is Cc1nc(-c2ccccc2)sc1C(=O)CS(=O)(=O)c1ccc(CN2CCN(c3ccccc3)CC2)cc1. The number of hydrogen-bond acceptors (Lipinski definition) is 7. The van der Waals surface area contributed by atoms with Crippen LogP contribution in [0.1, 0.15) is 20.9 Å². The highest BCUT2D eigenvalue weighted by molar-refractivity contribution is 7.92. The number of hydrogen-bond donors (Lipinski definition) is 0. The van der Waals surface area contributed by atoms with Crippen LogP contribution in [0, 0.1) is 6.92 Å². The number of thiazole rings is 1. The number of nitrogens with zero attached hydrogens (tertiary/aromatic N) is 3. The van der Waals surface area contributed by atoms with Gasteiger partial charge in [-0.2, -0.15) is 0 Å². The van der Waals surface area contributed by atoms with E-state index in [0.717, 1.165) is 43.9 Å². The molecule has 2 heterocycles. The van der Waals surface area contributed by atoms with Crippen molar-refractivity contribution in [3.05, 3.63) is 101 Å². The Labute approximate surface area is 222 Å². The molecule has 5 rings (SSSR count). The number of aromatic nitrogens is 1. The summed E-state index contributed by atoms with van der Waals surface area (Å²) in [6.45, 7) is 6.33. The minimum absolute atomic E-state index is 0.170. The van der Waals surface area contributed by atoms with E-state index in [1.165, 1.54) is 17.0 Å². The van der Waals surface area contributed by atoms with Crippen molar-refractivity contribution in [1.29, 1.82) is 0 Å². The summed E-state index contributed by atoms with van der Waals surface area (Å²) >= 11 is 1.24. The average Bonchev–Trinajstić information content (AvgIpc) is 3.32. The molecular weight excluding hydrogens is 502 g/mol. The standard InChI is InChI=1S/C29H29N3O3S2/c1-22-28(36-29(30-22)24-8-4-2-5-9-24)27(33)21-37(34,35)26-14-12-23(13-15-26)20-31-16-18-32(19-17-31)25-10-6-3-7-11-25/h2-15H,16-21H2,1H3. The van der Waals surface area contributed by atoms with Crippen molar-refractivity contribution in [2.45, 2.75) is 18.4 Å². The Bertz CT molecular complexity index is 1460. The highest BCUT2D eigenvalue weighted by Crippen LogP contribution is 2.29. The smallest absolute Gasteiger partial charge is 0.190 e. The summed E-state index contributed by atoms with van der Waals surface area (Å²) in [5.74, 6) is -0.983. The lowest BCUT2D eigenvalue weighted by atomic mass is 10.2. The van der Waals surface area contributed by atoms with Crippen LogP contribution in [0.15, 0.2) is 89.8 Å². The second-order valence-electron chi connectivity index (χ2n) is 9.22. The summed E-state index contributed by atoms with van der Waals surface area (Å²) in [6, 6.07) is 27.0. The van der Waals surface area contributed by atoms with Crippen molar-refractivity contribution >= 4 is 32.6 Å². The van der Waals surface area contributed by atoms with Crippen LogP contribution in [0.5, 0.6) is 0 Å². The fraction of sp³-hybridized carbons (Fsp3) is 0.241. The molecule has 0 unspecified atom stereocenters. The van der Waals surface area contributed by atoms with Crippen molar-refractivity contribution in [3.63, 3.8) is 0 Å². The molecule has 0 spiro atoms. The van der Waals surface area contributed by atoms with Crippen molar-refractivity contribution in [2.24, 2.45) is 0 Å². The molecule has 0 aliphatic carbocycles. The number of benzene rings is 3. The maximum atomic E-state index is 13.0. The number of para-hydroxylation sites is 1. The summed E-state index contributed by atoms with van der Waals surface area (Å²) in [4.78, 5) is 22.8. The van der Waals surface area contributed by atoms with Crippen molar-refractivity contribution in [3.8, 4) is 10.6 Å². The van der Waals surface area contributed by atoms with Crippen LogP contribution in [-0.4, -0.2) is 56.0 Å². The lowest BCUT2D eigenvalue weighted by molar-refractivity contribution is 0.102. The van der Waals surface area contributed by atoms with Gasteiger partial charge >= 0.3 is 0 Å².